The summed E-state index contributed by atoms with van der Waals surface area (Å²) in [4.78, 5) is 12.3. The fraction of sp³-hybridized carbons (Fsp3) is 0.533. The third-order valence-electron chi connectivity index (χ3n) is 4.01. The SMILES string of the molecule is CC(NC(=O)[C@@H]1CCC[C@@H]1CN)c1cccc(Cl)c1.Cl. The van der Waals surface area contributed by atoms with Crippen LogP contribution >= 0.6 is 24.0 Å². The van der Waals surface area contributed by atoms with Crippen molar-refractivity contribution in [2.75, 3.05) is 6.54 Å². The van der Waals surface area contributed by atoms with Crippen molar-refractivity contribution in [1.82, 2.24) is 5.32 Å². The molecule has 1 saturated carbocycles. The zero-order valence-electron chi connectivity index (χ0n) is 11.6. The van der Waals surface area contributed by atoms with Gasteiger partial charge in [-0.15, -0.1) is 12.4 Å². The second kappa shape index (κ2) is 7.87. The molecule has 1 amide bonds. The monoisotopic (exact) mass is 316 g/mol. The van der Waals surface area contributed by atoms with Gasteiger partial charge in [-0.3, -0.25) is 4.79 Å². The molecule has 0 spiro atoms. The maximum Gasteiger partial charge on any atom is 0.223 e. The number of amides is 1. The number of halogens is 2. The Labute approximate surface area is 131 Å². The summed E-state index contributed by atoms with van der Waals surface area (Å²) in [6.07, 6.45) is 3.13. The number of carbonyl (C=O) groups is 1. The van der Waals surface area contributed by atoms with Crippen molar-refractivity contribution >= 4 is 29.9 Å². The molecule has 0 aromatic heterocycles. The highest BCUT2D eigenvalue weighted by atomic mass is 35.5. The molecule has 0 radical (unpaired) electrons. The number of carbonyl (C=O) groups excluding carboxylic acids is 1. The van der Waals surface area contributed by atoms with Crippen molar-refractivity contribution in [3.8, 4) is 0 Å². The fourth-order valence-corrected chi connectivity index (χ4v) is 3.04. The average Bonchev–Trinajstić information content (AvgIpc) is 2.87. The van der Waals surface area contributed by atoms with E-state index in [9.17, 15) is 4.79 Å². The van der Waals surface area contributed by atoms with Crippen LogP contribution in [0.25, 0.3) is 0 Å². The summed E-state index contributed by atoms with van der Waals surface area (Å²) < 4.78 is 0. The van der Waals surface area contributed by atoms with Crippen molar-refractivity contribution in [3.05, 3.63) is 34.9 Å². The Hall–Kier alpha value is -0.770. The Morgan fingerprint density at radius 2 is 2.25 bits per heavy atom. The van der Waals surface area contributed by atoms with Crippen LogP contribution in [0.5, 0.6) is 0 Å². The van der Waals surface area contributed by atoms with Crippen LogP contribution in [-0.4, -0.2) is 12.5 Å². The first-order chi connectivity index (χ1) is 9.11. The van der Waals surface area contributed by atoms with Gasteiger partial charge in [-0.2, -0.15) is 0 Å². The summed E-state index contributed by atoms with van der Waals surface area (Å²) in [5, 5.41) is 3.77. The molecule has 1 unspecified atom stereocenters. The average molecular weight is 317 g/mol. The lowest BCUT2D eigenvalue weighted by Gasteiger charge is -2.21. The molecule has 0 heterocycles. The van der Waals surface area contributed by atoms with Gasteiger partial charge in [0, 0.05) is 10.9 Å². The highest BCUT2D eigenvalue weighted by Crippen LogP contribution is 2.31. The maximum atomic E-state index is 12.3. The van der Waals surface area contributed by atoms with E-state index in [4.69, 9.17) is 17.3 Å². The lowest BCUT2D eigenvalue weighted by atomic mass is 9.94. The lowest BCUT2D eigenvalue weighted by Crippen LogP contribution is -2.36. The Balaban J connectivity index is 0.00000200. The zero-order chi connectivity index (χ0) is 13.8. The number of benzene rings is 1. The van der Waals surface area contributed by atoms with E-state index in [-0.39, 0.29) is 30.3 Å². The molecule has 1 aromatic carbocycles. The zero-order valence-corrected chi connectivity index (χ0v) is 13.2. The van der Waals surface area contributed by atoms with Gasteiger partial charge in [0.05, 0.1) is 6.04 Å². The molecule has 3 atom stereocenters. The molecular formula is C15H22Cl2N2O. The molecule has 20 heavy (non-hydrogen) atoms. The molecule has 0 aliphatic heterocycles. The minimum absolute atomic E-state index is 0. The third-order valence-corrected chi connectivity index (χ3v) is 4.24. The molecule has 3 N–H and O–H groups in total. The number of nitrogens with one attached hydrogen (secondary N) is 1. The van der Waals surface area contributed by atoms with Crippen LogP contribution in [-0.2, 0) is 4.79 Å². The Bertz CT molecular complexity index is 453. The van der Waals surface area contributed by atoms with Crippen LogP contribution in [0, 0.1) is 11.8 Å². The smallest absolute Gasteiger partial charge is 0.223 e. The molecular weight excluding hydrogens is 295 g/mol. The van der Waals surface area contributed by atoms with Crippen molar-refractivity contribution in [1.29, 1.82) is 0 Å². The maximum absolute atomic E-state index is 12.3. The van der Waals surface area contributed by atoms with E-state index in [1.165, 1.54) is 0 Å². The predicted molar refractivity (Wildman–Crippen MR) is 85.1 cm³/mol. The summed E-state index contributed by atoms with van der Waals surface area (Å²) in [5.74, 6) is 0.540. The van der Waals surface area contributed by atoms with E-state index in [1.54, 1.807) is 0 Å². The van der Waals surface area contributed by atoms with Gasteiger partial charge in [-0.1, -0.05) is 30.2 Å². The van der Waals surface area contributed by atoms with E-state index in [2.05, 4.69) is 5.32 Å². The van der Waals surface area contributed by atoms with Crippen LogP contribution < -0.4 is 11.1 Å². The Kier molecular flexibility index (Phi) is 6.80. The van der Waals surface area contributed by atoms with Gasteiger partial charge < -0.3 is 11.1 Å². The lowest BCUT2D eigenvalue weighted by molar-refractivity contribution is -0.126. The molecule has 1 aliphatic rings. The quantitative estimate of drug-likeness (QED) is 0.895. The van der Waals surface area contributed by atoms with Crippen LogP contribution in [0.1, 0.15) is 37.8 Å². The standard InChI is InChI=1S/C15H21ClN2O.ClH/c1-10(11-4-2-6-13(16)8-11)18-15(19)14-7-3-5-12(14)9-17;/h2,4,6,8,10,12,14H,3,5,7,9,17H2,1H3,(H,18,19);1H/t10?,12-,14-;/m1./s1. The van der Waals surface area contributed by atoms with Gasteiger partial charge in [0.15, 0.2) is 0 Å². The summed E-state index contributed by atoms with van der Waals surface area (Å²) in [5.41, 5.74) is 6.76. The second-order valence-corrected chi connectivity index (χ2v) is 5.75. The summed E-state index contributed by atoms with van der Waals surface area (Å²) >= 11 is 5.97. The molecule has 1 aliphatic carbocycles. The minimum Gasteiger partial charge on any atom is -0.349 e. The first-order valence-corrected chi connectivity index (χ1v) is 7.25. The number of rotatable bonds is 4. The van der Waals surface area contributed by atoms with E-state index < -0.39 is 0 Å². The van der Waals surface area contributed by atoms with Crippen molar-refractivity contribution < 1.29 is 4.79 Å². The van der Waals surface area contributed by atoms with E-state index in [0.717, 1.165) is 24.8 Å². The fourth-order valence-electron chi connectivity index (χ4n) is 2.84. The number of hydrogen-bond acceptors (Lipinski definition) is 2. The Morgan fingerprint density at radius 3 is 2.90 bits per heavy atom. The van der Waals surface area contributed by atoms with Gasteiger partial charge in [0.1, 0.15) is 0 Å². The molecule has 1 aromatic rings. The molecule has 112 valence electrons. The highest BCUT2D eigenvalue weighted by molar-refractivity contribution is 6.30. The highest BCUT2D eigenvalue weighted by Gasteiger charge is 2.32. The van der Waals surface area contributed by atoms with Crippen molar-refractivity contribution in [2.45, 2.75) is 32.2 Å². The Morgan fingerprint density at radius 1 is 1.50 bits per heavy atom. The van der Waals surface area contributed by atoms with Gasteiger partial charge in [-0.25, -0.2) is 0 Å². The molecule has 5 heteroatoms. The second-order valence-electron chi connectivity index (χ2n) is 5.32. The van der Waals surface area contributed by atoms with Gasteiger partial charge >= 0.3 is 0 Å². The first-order valence-electron chi connectivity index (χ1n) is 6.87. The van der Waals surface area contributed by atoms with Gasteiger partial charge in [0.2, 0.25) is 5.91 Å². The van der Waals surface area contributed by atoms with Gasteiger partial charge in [-0.05, 0) is 49.9 Å². The first kappa shape index (κ1) is 17.3. The summed E-state index contributed by atoms with van der Waals surface area (Å²) in [6, 6.07) is 7.58. The van der Waals surface area contributed by atoms with Crippen LogP contribution in [0.4, 0.5) is 0 Å². The predicted octanol–water partition coefficient (Wildman–Crippen LogP) is 3.31. The summed E-state index contributed by atoms with van der Waals surface area (Å²) in [6.45, 7) is 2.58. The third kappa shape index (κ3) is 4.11. The van der Waals surface area contributed by atoms with Crippen LogP contribution in [0.3, 0.4) is 0 Å². The molecule has 0 saturated heterocycles. The normalized spacial score (nSPS) is 22.9. The molecule has 3 nitrogen and oxygen atoms in total. The van der Waals surface area contributed by atoms with Crippen molar-refractivity contribution in [3.63, 3.8) is 0 Å². The van der Waals surface area contributed by atoms with Gasteiger partial charge in [0.25, 0.3) is 0 Å². The number of hydrogen-bond donors (Lipinski definition) is 2. The topological polar surface area (TPSA) is 55.1 Å². The van der Waals surface area contributed by atoms with Crippen molar-refractivity contribution in [2.24, 2.45) is 17.6 Å². The molecule has 0 bridgehead atoms. The van der Waals surface area contributed by atoms with Crippen LogP contribution in [0.2, 0.25) is 5.02 Å². The summed E-state index contributed by atoms with van der Waals surface area (Å²) in [7, 11) is 0. The molecule has 2 rings (SSSR count). The van der Waals surface area contributed by atoms with E-state index in [1.807, 2.05) is 31.2 Å². The van der Waals surface area contributed by atoms with E-state index in [0.29, 0.717) is 17.5 Å². The van der Waals surface area contributed by atoms with E-state index >= 15 is 0 Å². The minimum atomic E-state index is -0.0229. The van der Waals surface area contributed by atoms with Crippen LogP contribution in [0.15, 0.2) is 24.3 Å². The largest absolute Gasteiger partial charge is 0.349 e. The molecule has 1 fully saturated rings. The number of nitrogens with two attached hydrogens (primary N) is 1.